The van der Waals surface area contributed by atoms with E-state index in [-0.39, 0.29) is 23.8 Å². The summed E-state index contributed by atoms with van der Waals surface area (Å²) in [5.41, 5.74) is 1.60. The van der Waals surface area contributed by atoms with Crippen molar-refractivity contribution in [1.29, 1.82) is 0 Å². The van der Waals surface area contributed by atoms with Crippen LogP contribution in [0, 0.1) is 11.6 Å². The molecule has 1 heterocycles. The van der Waals surface area contributed by atoms with E-state index in [1.54, 1.807) is 47.8 Å². The number of amides is 1. The highest BCUT2D eigenvalue weighted by Crippen LogP contribution is 2.27. The Bertz CT molecular complexity index is 1180. The Labute approximate surface area is 175 Å². The summed E-state index contributed by atoms with van der Waals surface area (Å²) in [6.07, 6.45) is 0. The summed E-state index contributed by atoms with van der Waals surface area (Å²) in [7, 11) is 0. The zero-order chi connectivity index (χ0) is 20.9. The van der Waals surface area contributed by atoms with E-state index in [0.29, 0.717) is 16.3 Å². The highest BCUT2D eigenvalue weighted by Gasteiger charge is 2.14. The molecule has 0 bridgehead atoms. The number of hydrogen-bond acceptors (Lipinski definition) is 4. The maximum Gasteiger partial charge on any atom is 0.275 e. The van der Waals surface area contributed by atoms with Gasteiger partial charge in [0.15, 0.2) is 0 Å². The van der Waals surface area contributed by atoms with Crippen molar-refractivity contribution in [2.45, 2.75) is 6.61 Å². The first-order chi connectivity index (χ1) is 14.6. The predicted molar refractivity (Wildman–Crippen MR) is 113 cm³/mol. The molecule has 1 N–H and O–H groups in total. The first-order valence-corrected chi connectivity index (χ1v) is 9.96. The van der Waals surface area contributed by atoms with Crippen LogP contribution in [0.1, 0.15) is 16.1 Å². The number of thiazole rings is 1. The smallest absolute Gasteiger partial charge is 0.275 e. The van der Waals surface area contributed by atoms with Crippen LogP contribution in [-0.4, -0.2) is 10.9 Å². The van der Waals surface area contributed by atoms with Gasteiger partial charge in [0.2, 0.25) is 0 Å². The molecule has 0 saturated heterocycles. The quantitative estimate of drug-likeness (QED) is 0.420. The number of ether oxygens (including phenoxy) is 1. The van der Waals surface area contributed by atoms with Gasteiger partial charge in [0, 0.05) is 16.5 Å². The van der Waals surface area contributed by atoms with E-state index in [4.69, 9.17) is 4.74 Å². The molecule has 30 heavy (non-hydrogen) atoms. The zero-order valence-corrected chi connectivity index (χ0v) is 16.5. The molecule has 3 aromatic carbocycles. The second-order valence-electron chi connectivity index (χ2n) is 6.38. The van der Waals surface area contributed by atoms with Crippen LogP contribution in [-0.2, 0) is 6.61 Å². The molecule has 4 rings (SSSR count). The number of nitrogens with zero attached hydrogens (tertiary/aromatic N) is 1. The SMILES string of the molecule is O=C(Nc1ccccc1F)c1csc(-c2ccc(OCc3ccccc3F)cc2)n1. The highest BCUT2D eigenvalue weighted by molar-refractivity contribution is 7.13. The van der Waals surface area contributed by atoms with Crippen LogP contribution >= 0.6 is 11.3 Å². The van der Waals surface area contributed by atoms with Crippen molar-refractivity contribution in [1.82, 2.24) is 4.98 Å². The van der Waals surface area contributed by atoms with Crippen molar-refractivity contribution in [3.8, 4) is 16.3 Å². The Kier molecular flexibility index (Phi) is 5.81. The Balaban J connectivity index is 1.41. The first kappa shape index (κ1) is 19.7. The molecular formula is C23H16F2N2O2S. The van der Waals surface area contributed by atoms with E-state index < -0.39 is 11.7 Å². The minimum Gasteiger partial charge on any atom is -0.489 e. The van der Waals surface area contributed by atoms with Crippen LogP contribution in [0.5, 0.6) is 5.75 Å². The average molecular weight is 422 g/mol. The largest absolute Gasteiger partial charge is 0.489 e. The Morgan fingerprint density at radius 2 is 1.63 bits per heavy atom. The lowest BCUT2D eigenvalue weighted by molar-refractivity contribution is 0.102. The summed E-state index contributed by atoms with van der Waals surface area (Å²) >= 11 is 1.31. The van der Waals surface area contributed by atoms with E-state index >= 15 is 0 Å². The molecule has 0 spiro atoms. The summed E-state index contributed by atoms with van der Waals surface area (Å²) in [6.45, 7) is 0.129. The molecule has 150 valence electrons. The number of aromatic nitrogens is 1. The van der Waals surface area contributed by atoms with Gasteiger partial charge in [-0.1, -0.05) is 30.3 Å². The molecule has 0 aliphatic carbocycles. The lowest BCUT2D eigenvalue weighted by Crippen LogP contribution is -2.13. The minimum atomic E-state index is -0.507. The fraction of sp³-hybridized carbons (Fsp3) is 0.0435. The highest BCUT2D eigenvalue weighted by atomic mass is 32.1. The maximum atomic E-state index is 13.7. The Morgan fingerprint density at radius 1 is 0.933 bits per heavy atom. The maximum absolute atomic E-state index is 13.7. The molecule has 0 saturated carbocycles. The third-order valence-corrected chi connectivity index (χ3v) is 5.20. The van der Waals surface area contributed by atoms with Gasteiger partial charge in [-0.15, -0.1) is 11.3 Å². The van der Waals surface area contributed by atoms with Crippen LogP contribution in [0.15, 0.2) is 78.2 Å². The van der Waals surface area contributed by atoms with Crippen LogP contribution in [0.4, 0.5) is 14.5 Å². The summed E-state index contributed by atoms with van der Waals surface area (Å²) in [5, 5.41) is 4.78. The van der Waals surface area contributed by atoms with E-state index in [1.807, 2.05) is 12.1 Å². The van der Waals surface area contributed by atoms with Gasteiger partial charge in [-0.2, -0.15) is 0 Å². The van der Waals surface area contributed by atoms with E-state index in [1.165, 1.54) is 29.5 Å². The fourth-order valence-electron chi connectivity index (χ4n) is 2.73. The van der Waals surface area contributed by atoms with Gasteiger partial charge in [0.25, 0.3) is 5.91 Å². The molecule has 0 fully saturated rings. The number of rotatable bonds is 6. The number of halogens is 2. The molecule has 1 amide bonds. The fourth-order valence-corrected chi connectivity index (χ4v) is 3.54. The van der Waals surface area contributed by atoms with Gasteiger partial charge in [-0.3, -0.25) is 4.79 Å². The molecule has 0 unspecified atom stereocenters. The molecule has 0 radical (unpaired) electrons. The van der Waals surface area contributed by atoms with Gasteiger partial charge < -0.3 is 10.1 Å². The standard InChI is InChI=1S/C23H16F2N2O2S/c24-18-6-2-1-5-16(18)13-29-17-11-9-15(10-12-17)23-27-21(14-30-23)22(28)26-20-8-4-3-7-19(20)25/h1-12,14H,13H2,(H,26,28). The van der Waals surface area contributed by atoms with Gasteiger partial charge in [0.05, 0.1) is 5.69 Å². The zero-order valence-electron chi connectivity index (χ0n) is 15.6. The molecular weight excluding hydrogens is 406 g/mol. The number of hydrogen-bond donors (Lipinski definition) is 1. The summed E-state index contributed by atoms with van der Waals surface area (Å²) < 4.78 is 33.0. The number of nitrogens with one attached hydrogen (secondary N) is 1. The van der Waals surface area contributed by atoms with Crippen molar-refractivity contribution in [2.75, 3.05) is 5.32 Å². The predicted octanol–water partition coefficient (Wildman–Crippen LogP) is 5.92. The van der Waals surface area contributed by atoms with E-state index in [9.17, 15) is 13.6 Å². The summed E-state index contributed by atoms with van der Waals surface area (Å²) in [6, 6.07) is 19.6. The van der Waals surface area contributed by atoms with Crippen molar-refractivity contribution in [3.05, 3.63) is 101 Å². The topological polar surface area (TPSA) is 51.2 Å². The number of para-hydroxylation sites is 1. The minimum absolute atomic E-state index is 0.105. The third-order valence-electron chi connectivity index (χ3n) is 4.31. The number of anilines is 1. The second kappa shape index (κ2) is 8.84. The van der Waals surface area contributed by atoms with Crippen LogP contribution < -0.4 is 10.1 Å². The number of benzene rings is 3. The second-order valence-corrected chi connectivity index (χ2v) is 7.23. The van der Waals surface area contributed by atoms with Crippen molar-refractivity contribution < 1.29 is 18.3 Å². The monoisotopic (exact) mass is 422 g/mol. The van der Waals surface area contributed by atoms with Crippen molar-refractivity contribution in [2.24, 2.45) is 0 Å². The van der Waals surface area contributed by atoms with Gasteiger partial charge in [0.1, 0.15) is 34.7 Å². The third kappa shape index (κ3) is 4.52. The average Bonchev–Trinajstić information content (AvgIpc) is 3.26. The number of carbonyl (C=O) groups excluding carboxylic acids is 1. The Morgan fingerprint density at radius 3 is 2.37 bits per heavy atom. The van der Waals surface area contributed by atoms with Gasteiger partial charge in [-0.25, -0.2) is 13.8 Å². The van der Waals surface area contributed by atoms with Crippen LogP contribution in [0.2, 0.25) is 0 Å². The molecule has 7 heteroatoms. The molecule has 0 atom stereocenters. The van der Waals surface area contributed by atoms with Crippen LogP contribution in [0.3, 0.4) is 0 Å². The van der Waals surface area contributed by atoms with Crippen LogP contribution in [0.25, 0.3) is 10.6 Å². The van der Waals surface area contributed by atoms with Gasteiger partial charge in [-0.05, 0) is 42.5 Å². The summed E-state index contributed by atoms with van der Waals surface area (Å²) in [4.78, 5) is 16.7. The molecule has 0 aliphatic heterocycles. The molecule has 4 aromatic rings. The summed E-state index contributed by atoms with van der Waals surface area (Å²) in [5.74, 6) is -0.700. The lowest BCUT2D eigenvalue weighted by atomic mass is 10.2. The van der Waals surface area contributed by atoms with Crippen molar-refractivity contribution >= 4 is 22.9 Å². The molecule has 4 nitrogen and oxygen atoms in total. The lowest BCUT2D eigenvalue weighted by Gasteiger charge is -2.07. The van der Waals surface area contributed by atoms with E-state index in [0.717, 1.165) is 5.56 Å². The van der Waals surface area contributed by atoms with Crippen molar-refractivity contribution in [3.63, 3.8) is 0 Å². The first-order valence-electron chi connectivity index (χ1n) is 9.08. The van der Waals surface area contributed by atoms with Gasteiger partial charge >= 0.3 is 0 Å². The Hall–Kier alpha value is -3.58. The normalized spacial score (nSPS) is 10.6. The van der Waals surface area contributed by atoms with E-state index in [2.05, 4.69) is 10.3 Å². The molecule has 0 aliphatic rings. The number of carbonyl (C=O) groups is 1. The molecule has 1 aromatic heterocycles.